The molecule has 0 unspecified atom stereocenters. The number of anilines is 2. The van der Waals surface area contributed by atoms with Crippen molar-refractivity contribution in [2.24, 2.45) is 0 Å². The molecule has 0 bridgehead atoms. The van der Waals surface area contributed by atoms with Gasteiger partial charge < -0.3 is 24.4 Å². The first-order valence-corrected chi connectivity index (χ1v) is 13.3. The highest BCUT2D eigenvalue weighted by Gasteiger charge is 2.56. The van der Waals surface area contributed by atoms with Crippen LogP contribution in [0.1, 0.15) is 45.6 Å². The Kier molecular flexibility index (Phi) is 5.90. The van der Waals surface area contributed by atoms with E-state index in [9.17, 15) is 4.79 Å². The summed E-state index contributed by atoms with van der Waals surface area (Å²) in [7, 11) is 8.12. The molecule has 0 fully saturated rings. The van der Waals surface area contributed by atoms with E-state index >= 15 is 0 Å². The second kappa shape index (κ2) is 9.28. The van der Waals surface area contributed by atoms with E-state index in [2.05, 4.69) is 68.2 Å². The van der Waals surface area contributed by atoms with E-state index in [4.69, 9.17) is 4.74 Å². The normalized spacial score (nSPS) is 14.6. The van der Waals surface area contributed by atoms with Crippen molar-refractivity contribution in [3.8, 4) is 11.5 Å². The Balaban J connectivity index is 1.52. The number of fused-ring (bicyclic) bond motifs is 6. The van der Waals surface area contributed by atoms with Gasteiger partial charge in [-0.1, -0.05) is 30.3 Å². The van der Waals surface area contributed by atoms with Gasteiger partial charge in [0.2, 0.25) is 0 Å². The molecular formula is C32H34N4O2. The first-order chi connectivity index (χ1) is 18.4. The molecule has 0 saturated heterocycles. The lowest BCUT2D eigenvalue weighted by molar-refractivity contribution is 0.0661. The van der Waals surface area contributed by atoms with E-state index in [1.807, 2.05) is 58.7 Å². The zero-order chi connectivity index (χ0) is 26.4. The van der Waals surface area contributed by atoms with Crippen LogP contribution in [0.3, 0.4) is 0 Å². The Morgan fingerprint density at radius 1 is 0.789 bits per heavy atom. The van der Waals surface area contributed by atoms with Gasteiger partial charge in [0.05, 0.1) is 0 Å². The first kappa shape index (κ1) is 24.2. The molecule has 0 saturated carbocycles. The number of ether oxygens (including phenoxy) is 1. The monoisotopic (exact) mass is 506 g/mol. The lowest BCUT2D eigenvalue weighted by Gasteiger charge is -2.44. The fourth-order valence-electron chi connectivity index (χ4n) is 6.00. The summed E-state index contributed by atoms with van der Waals surface area (Å²) >= 11 is 0. The summed E-state index contributed by atoms with van der Waals surface area (Å²) in [5, 5.41) is 0. The number of rotatable bonds is 7. The number of hydrogen-bond acceptors (Lipinski definition) is 4. The van der Waals surface area contributed by atoms with E-state index in [0.29, 0.717) is 6.54 Å². The zero-order valence-corrected chi connectivity index (χ0v) is 22.5. The molecule has 3 aromatic carbocycles. The second-order valence-electron chi connectivity index (χ2n) is 10.6. The minimum atomic E-state index is -0.751. The number of aromatic nitrogens is 1. The molecule has 1 N–H and O–H groups in total. The van der Waals surface area contributed by atoms with Crippen LogP contribution in [0.15, 0.2) is 79.0 Å². The van der Waals surface area contributed by atoms with Crippen LogP contribution in [0, 0.1) is 0 Å². The molecule has 6 rings (SSSR count). The van der Waals surface area contributed by atoms with Gasteiger partial charge in [0.25, 0.3) is 5.91 Å². The Bertz CT molecular complexity index is 1430. The van der Waals surface area contributed by atoms with Gasteiger partial charge in [0.1, 0.15) is 17.0 Å². The van der Waals surface area contributed by atoms with Crippen LogP contribution in [0.4, 0.5) is 11.4 Å². The van der Waals surface area contributed by atoms with Crippen molar-refractivity contribution < 1.29 is 9.53 Å². The Morgan fingerprint density at radius 3 is 2.05 bits per heavy atom. The summed E-state index contributed by atoms with van der Waals surface area (Å²) in [6, 6.07) is 25.0. The van der Waals surface area contributed by atoms with Crippen molar-refractivity contribution in [3.63, 3.8) is 0 Å². The van der Waals surface area contributed by atoms with E-state index in [1.165, 1.54) is 5.69 Å². The third kappa shape index (κ3) is 3.66. The number of amides is 1. The minimum Gasteiger partial charge on any atom is -0.456 e. The SMILES string of the molecule is CN(C)c1ccc2c(c1)Oc1cc(N(C)C)ccc1C21c2ccccc2C(=O)N1CCCCc1ccc[nH]1. The summed E-state index contributed by atoms with van der Waals surface area (Å²) in [5.41, 5.74) is 6.40. The molecule has 6 nitrogen and oxygen atoms in total. The van der Waals surface area contributed by atoms with E-state index in [0.717, 1.165) is 64.4 Å². The van der Waals surface area contributed by atoms with Crippen molar-refractivity contribution in [1.82, 2.24) is 9.88 Å². The van der Waals surface area contributed by atoms with Crippen molar-refractivity contribution in [1.29, 1.82) is 0 Å². The number of carbonyl (C=O) groups excluding carboxylic acids is 1. The maximum absolute atomic E-state index is 14.1. The van der Waals surface area contributed by atoms with E-state index < -0.39 is 5.54 Å². The molecule has 1 amide bonds. The number of nitrogens with zero attached hydrogens (tertiary/aromatic N) is 3. The Labute approximate surface area is 224 Å². The third-order valence-electron chi connectivity index (χ3n) is 7.90. The second-order valence-corrected chi connectivity index (χ2v) is 10.6. The molecule has 3 heterocycles. The van der Waals surface area contributed by atoms with Gasteiger partial charge in [-0.25, -0.2) is 0 Å². The summed E-state index contributed by atoms with van der Waals surface area (Å²) in [4.78, 5) is 23.7. The number of benzene rings is 3. The lowest BCUT2D eigenvalue weighted by Crippen LogP contribution is -2.47. The first-order valence-electron chi connectivity index (χ1n) is 13.3. The lowest BCUT2D eigenvalue weighted by atomic mass is 9.74. The van der Waals surface area contributed by atoms with Gasteiger partial charge in [-0.2, -0.15) is 0 Å². The zero-order valence-electron chi connectivity index (χ0n) is 22.5. The van der Waals surface area contributed by atoms with Crippen LogP contribution in [-0.2, 0) is 12.0 Å². The molecule has 0 radical (unpaired) electrons. The van der Waals surface area contributed by atoms with Crippen LogP contribution in [0.5, 0.6) is 11.5 Å². The Morgan fingerprint density at radius 2 is 1.45 bits per heavy atom. The summed E-state index contributed by atoms with van der Waals surface area (Å²) in [5.74, 6) is 1.66. The van der Waals surface area contributed by atoms with Gasteiger partial charge in [-0.05, 0) is 55.2 Å². The number of hydrogen-bond donors (Lipinski definition) is 1. The summed E-state index contributed by atoms with van der Waals surface area (Å²) < 4.78 is 6.62. The molecule has 2 aliphatic heterocycles. The van der Waals surface area contributed by atoms with E-state index in [-0.39, 0.29) is 5.91 Å². The molecule has 38 heavy (non-hydrogen) atoms. The standard InChI is InChI=1S/C32H34N4O2/c1-34(2)23-14-16-27-29(20-23)38-30-21-24(35(3)4)15-17-28(30)32(27)26-13-6-5-12-25(26)31(37)36(32)19-8-7-10-22-11-9-18-33-22/h5-6,9,11-18,20-21,33H,7-8,10,19H2,1-4H3. The molecule has 194 valence electrons. The maximum atomic E-state index is 14.1. The molecular weight excluding hydrogens is 472 g/mol. The van der Waals surface area contributed by atoms with Gasteiger partial charge in [-0.3, -0.25) is 4.79 Å². The molecule has 0 atom stereocenters. The highest BCUT2D eigenvalue weighted by Crippen LogP contribution is 2.58. The molecule has 6 heteroatoms. The molecule has 0 aliphatic carbocycles. The van der Waals surface area contributed by atoms with Gasteiger partial charge in [0.15, 0.2) is 0 Å². The van der Waals surface area contributed by atoms with E-state index in [1.54, 1.807) is 0 Å². The fraction of sp³-hybridized carbons (Fsp3) is 0.281. The molecule has 4 aromatic rings. The smallest absolute Gasteiger partial charge is 0.255 e. The van der Waals surface area contributed by atoms with Crippen LogP contribution in [0.25, 0.3) is 0 Å². The predicted octanol–water partition coefficient (Wildman–Crippen LogP) is 6.02. The average Bonchev–Trinajstić information content (AvgIpc) is 3.52. The highest BCUT2D eigenvalue weighted by molar-refractivity contribution is 6.02. The minimum absolute atomic E-state index is 0.0765. The molecule has 2 aliphatic rings. The third-order valence-corrected chi connectivity index (χ3v) is 7.90. The number of aromatic amines is 1. The van der Waals surface area contributed by atoms with Crippen molar-refractivity contribution in [2.45, 2.75) is 24.8 Å². The number of H-pyrrole nitrogens is 1. The predicted molar refractivity (Wildman–Crippen MR) is 153 cm³/mol. The molecule has 1 spiro atoms. The van der Waals surface area contributed by atoms with Crippen LogP contribution >= 0.6 is 0 Å². The number of aryl methyl sites for hydroxylation is 1. The van der Waals surface area contributed by atoms with Crippen LogP contribution in [0.2, 0.25) is 0 Å². The van der Waals surface area contributed by atoms with Crippen molar-refractivity contribution in [3.05, 3.63) is 107 Å². The average molecular weight is 507 g/mol. The maximum Gasteiger partial charge on any atom is 0.255 e. The largest absolute Gasteiger partial charge is 0.456 e. The van der Waals surface area contributed by atoms with Gasteiger partial charge in [-0.15, -0.1) is 0 Å². The highest BCUT2D eigenvalue weighted by atomic mass is 16.5. The topological polar surface area (TPSA) is 51.8 Å². The van der Waals surface area contributed by atoms with Crippen LogP contribution < -0.4 is 14.5 Å². The molecule has 1 aromatic heterocycles. The van der Waals surface area contributed by atoms with Crippen molar-refractivity contribution in [2.75, 3.05) is 44.5 Å². The van der Waals surface area contributed by atoms with Crippen molar-refractivity contribution >= 4 is 17.3 Å². The van der Waals surface area contributed by atoms with Gasteiger partial charge >= 0.3 is 0 Å². The number of unbranched alkanes of at least 4 members (excludes halogenated alkanes) is 1. The Hall–Kier alpha value is -4.19. The van der Waals surface area contributed by atoms with Crippen LogP contribution in [-0.4, -0.2) is 50.5 Å². The summed E-state index contributed by atoms with van der Waals surface area (Å²) in [6.45, 7) is 0.651. The quantitative estimate of drug-likeness (QED) is 0.311. The number of nitrogens with one attached hydrogen (secondary N) is 1. The number of carbonyl (C=O) groups is 1. The fourth-order valence-corrected chi connectivity index (χ4v) is 6.00. The summed E-state index contributed by atoms with van der Waals surface area (Å²) in [6.07, 6.45) is 4.82. The van der Waals surface area contributed by atoms with Gasteiger partial charge in [0, 0.05) is 86.8 Å².